The molecule has 2 saturated heterocycles. The van der Waals surface area contributed by atoms with Crippen LogP contribution in [-0.4, -0.2) is 46.9 Å². The van der Waals surface area contributed by atoms with E-state index in [1.165, 1.54) is 5.56 Å². The lowest BCUT2D eigenvalue weighted by molar-refractivity contribution is -0.184. The van der Waals surface area contributed by atoms with Crippen LogP contribution in [0.15, 0.2) is 48.5 Å². The highest BCUT2D eigenvalue weighted by molar-refractivity contribution is 5.19. The van der Waals surface area contributed by atoms with Crippen LogP contribution in [0, 0.1) is 0 Å². The number of aliphatic hydroxyl groups excluding tert-OH is 1. The summed E-state index contributed by atoms with van der Waals surface area (Å²) in [4.78, 5) is 6.93. The fourth-order valence-corrected chi connectivity index (χ4v) is 4.36. The van der Waals surface area contributed by atoms with Crippen LogP contribution in [0.5, 0.6) is 5.88 Å². The molecule has 0 aliphatic carbocycles. The zero-order valence-electron chi connectivity index (χ0n) is 15.9. The molecular weight excluding hydrogens is 340 g/mol. The van der Waals surface area contributed by atoms with Gasteiger partial charge in [0.15, 0.2) is 0 Å². The predicted molar refractivity (Wildman–Crippen MR) is 104 cm³/mol. The number of aromatic nitrogens is 1. The molecule has 2 fully saturated rings. The van der Waals surface area contributed by atoms with E-state index in [0.717, 1.165) is 44.6 Å². The van der Waals surface area contributed by atoms with Crippen molar-refractivity contribution in [2.24, 2.45) is 0 Å². The second-order valence-electron chi connectivity index (χ2n) is 7.74. The molecule has 5 heteroatoms. The molecule has 1 N–H and O–H groups in total. The van der Waals surface area contributed by atoms with Gasteiger partial charge in [-0.25, -0.2) is 4.98 Å². The Bertz CT molecular complexity index is 744. The SMILES string of the molecule is COc1cccc(CN2CCC3(CC2)C[C@H](O)C[C@H](c2ccccc2)O3)n1. The molecule has 2 aliphatic rings. The number of ether oxygens (including phenoxy) is 2. The van der Waals surface area contributed by atoms with Gasteiger partial charge in [-0.15, -0.1) is 0 Å². The van der Waals surface area contributed by atoms with Gasteiger partial charge in [0.05, 0.1) is 30.6 Å². The highest BCUT2D eigenvalue weighted by Crippen LogP contribution is 2.43. The van der Waals surface area contributed by atoms with Gasteiger partial charge in [0, 0.05) is 38.5 Å². The average Bonchev–Trinajstić information content (AvgIpc) is 2.70. The molecule has 27 heavy (non-hydrogen) atoms. The van der Waals surface area contributed by atoms with Gasteiger partial charge in [-0.05, 0) is 24.5 Å². The minimum Gasteiger partial charge on any atom is -0.481 e. The monoisotopic (exact) mass is 368 g/mol. The first-order valence-electron chi connectivity index (χ1n) is 9.79. The lowest BCUT2D eigenvalue weighted by Gasteiger charge is -2.48. The molecule has 2 atom stereocenters. The Morgan fingerprint density at radius 1 is 1.15 bits per heavy atom. The van der Waals surface area contributed by atoms with E-state index in [0.29, 0.717) is 12.3 Å². The number of methoxy groups -OCH3 is 1. The van der Waals surface area contributed by atoms with Crippen molar-refractivity contribution >= 4 is 0 Å². The van der Waals surface area contributed by atoms with Crippen LogP contribution in [0.1, 0.15) is 43.0 Å². The highest BCUT2D eigenvalue weighted by atomic mass is 16.5. The second-order valence-corrected chi connectivity index (χ2v) is 7.74. The van der Waals surface area contributed by atoms with Crippen molar-refractivity contribution in [2.75, 3.05) is 20.2 Å². The van der Waals surface area contributed by atoms with Crippen LogP contribution in [0.25, 0.3) is 0 Å². The smallest absolute Gasteiger partial charge is 0.213 e. The third-order valence-electron chi connectivity index (χ3n) is 5.80. The molecule has 1 aromatic heterocycles. The highest BCUT2D eigenvalue weighted by Gasteiger charge is 2.43. The van der Waals surface area contributed by atoms with Crippen molar-refractivity contribution in [1.29, 1.82) is 0 Å². The van der Waals surface area contributed by atoms with E-state index in [1.54, 1.807) is 7.11 Å². The summed E-state index contributed by atoms with van der Waals surface area (Å²) in [5, 5.41) is 10.5. The predicted octanol–water partition coefficient (Wildman–Crippen LogP) is 3.34. The Morgan fingerprint density at radius 3 is 2.67 bits per heavy atom. The zero-order valence-corrected chi connectivity index (χ0v) is 15.9. The number of benzene rings is 1. The van der Waals surface area contributed by atoms with Crippen LogP contribution < -0.4 is 4.74 Å². The van der Waals surface area contributed by atoms with E-state index in [9.17, 15) is 5.11 Å². The van der Waals surface area contributed by atoms with Gasteiger partial charge < -0.3 is 14.6 Å². The van der Waals surface area contributed by atoms with Crippen molar-refractivity contribution in [3.05, 3.63) is 59.8 Å². The Labute approximate surface area is 160 Å². The van der Waals surface area contributed by atoms with E-state index in [-0.39, 0.29) is 17.8 Å². The standard InChI is InChI=1S/C22H28N2O3/c1-26-21-9-5-8-18(23-21)16-24-12-10-22(11-13-24)15-19(25)14-20(27-22)17-6-3-2-4-7-17/h2-9,19-20,25H,10-16H2,1H3/t19-,20-/m1/s1. The zero-order chi connectivity index (χ0) is 18.7. The third kappa shape index (κ3) is 4.32. The maximum atomic E-state index is 10.5. The Kier molecular flexibility index (Phi) is 5.43. The molecule has 0 unspecified atom stereocenters. The number of hydrogen-bond donors (Lipinski definition) is 1. The van der Waals surface area contributed by atoms with E-state index < -0.39 is 0 Å². The van der Waals surface area contributed by atoms with Crippen LogP contribution >= 0.6 is 0 Å². The molecular formula is C22H28N2O3. The fourth-order valence-electron chi connectivity index (χ4n) is 4.36. The molecule has 1 spiro atoms. The van der Waals surface area contributed by atoms with Crippen molar-refractivity contribution < 1.29 is 14.6 Å². The minimum atomic E-state index is -0.296. The molecule has 1 aromatic carbocycles. The first-order valence-corrected chi connectivity index (χ1v) is 9.79. The van der Waals surface area contributed by atoms with E-state index >= 15 is 0 Å². The van der Waals surface area contributed by atoms with Gasteiger partial charge >= 0.3 is 0 Å². The van der Waals surface area contributed by atoms with Crippen molar-refractivity contribution in [1.82, 2.24) is 9.88 Å². The number of aliphatic hydroxyl groups is 1. The first-order chi connectivity index (χ1) is 13.2. The Morgan fingerprint density at radius 2 is 1.93 bits per heavy atom. The second kappa shape index (κ2) is 7.97. The van der Waals surface area contributed by atoms with E-state index in [1.807, 2.05) is 36.4 Å². The molecule has 144 valence electrons. The van der Waals surface area contributed by atoms with Crippen molar-refractivity contribution in [3.63, 3.8) is 0 Å². The lowest BCUT2D eigenvalue weighted by Crippen LogP contribution is -2.50. The van der Waals surface area contributed by atoms with Crippen LogP contribution in [0.4, 0.5) is 0 Å². The van der Waals surface area contributed by atoms with Gasteiger partial charge in [-0.3, -0.25) is 4.90 Å². The number of pyridine rings is 1. The molecule has 2 aromatic rings. The number of likely N-dealkylation sites (tertiary alicyclic amines) is 1. The van der Waals surface area contributed by atoms with Gasteiger partial charge in [0.1, 0.15) is 0 Å². The first kappa shape index (κ1) is 18.4. The normalized spacial score (nSPS) is 25.4. The maximum absolute atomic E-state index is 10.5. The average molecular weight is 368 g/mol. The van der Waals surface area contributed by atoms with E-state index in [2.05, 4.69) is 22.0 Å². The van der Waals surface area contributed by atoms with E-state index in [4.69, 9.17) is 9.47 Å². The van der Waals surface area contributed by atoms with Gasteiger partial charge in [0.25, 0.3) is 0 Å². The summed E-state index contributed by atoms with van der Waals surface area (Å²) in [6, 6.07) is 16.2. The molecule has 0 amide bonds. The molecule has 2 aliphatic heterocycles. The summed E-state index contributed by atoms with van der Waals surface area (Å²) >= 11 is 0. The third-order valence-corrected chi connectivity index (χ3v) is 5.80. The molecule has 0 saturated carbocycles. The molecule has 0 radical (unpaired) electrons. The molecule has 5 nitrogen and oxygen atoms in total. The molecule has 0 bridgehead atoms. The van der Waals surface area contributed by atoms with Crippen molar-refractivity contribution in [2.45, 2.75) is 50.0 Å². The Hall–Kier alpha value is -1.95. The fraction of sp³-hybridized carbons (Fsp3) is 0.500. The summed E-state index contributed by atoms with van der Waals surface area (Å²) in [5.74, 6) is 0.658. The summed E-state index contributed by atoms with van der Waals surface area (Å²) in [5.41, 5.74) is 1.98. The molecule has 3 heterocycles. The largest absolute Gasteiger partial charge is 0.481 e. The topological polar surface area (TPSA) is 54.8 Å². The number of rotatable bonds is 4. The summed E-state index contributed by atoms with van der Waals surface area (Å²) in [6.45, 7) is 2.72. The van der Waals surface area contributed by atoms with Crippen molar-refractivity contribution in [3.8, 4) is 5.88 Å². The van der Waals surface area contributed by atoms with Crippen LogP contribution in [0.3, 0.4) is 0 Å². The summed E-state index contributed by atoms with van der Waals surface area (Å²) < 4.78 is 11.8. The van der Waals surface area contributed by atoms with Crippen LogP contribution in [0.2, 0.25) is 0 Å². The Balaban J connectivity index is 1.39. The summed E-state index contributed by atoms with van der Waals surface area (Å²) in [7, 11) is 1.64. The van der Waals surface area contributed by atoms with Gasteiger partial charge in [-0.1, -0.05) is 36.4 Å². The maximum Gasteiger partial charge on any atom is 0.213 e. The number of hydrogen-bond acceptors (Lipinski definition) is 5. The van der Waals surface area contributed by atoms with Gasteiger partial charge in [0.2, 0.25) is 5.88 Å². The number of piperidine rings is 1. The van der Waals surface area contributed by atoms with Gasteiger partial charge in [-0.2, -0.15) is 0 Å². The lowest BCUT2D eigenvalue weighted by atomic mass is 9.81. The minimum absolute atomic E-state index is 0.0125. The molecule has 4 rings (SSSR count). The quantitative estimate of drug-likeness (QED) is 0.897. The number of nitrogens with zero attached hydrogens (tertiary/aromatic N) is 2. The summed E-state index contributed by atoms with van der Waals surface area (Å²) in [6.07, 6.45) is 3.00. The van der Waals surface area contributed by atoms with Crippen LogP contribution in [-0.2, 0) is 11.3 Å².